The van der Waals surface area contributed by atoms with Gasteiger partial charge < -0.3 is 20.3 Å². The van der Waals surface area contributed by atoms with Gasteiger partial charge in [0, 0.05) is 63.6 Å². The second kappa shape index (κ2) is 9.71. The lowest BCUT2D eigenvalue weighted by Gasteiger charge is -2.37. The zero-order valence-electron chi connectivity index (χ0n) is 18.9. The fourth-order valence-corrected chi connectivity index (χ4v) is 4.53. The Kier molecular flexibility index (Phi) is 6.77. The number of ether oxygens (including phenoxy) is 1. The highest BCUT2D eigenvalue weighted by molar-refractivity contribution is 5.94. The number of benzene rings is 2. The van der Waals surface area contributed by atoms with Crippen LogP contribution in [0.25, 0.3) is 0 Å². The number of piperazine rings is 1. The lowest BCUT2D eigenvalue weighted by molar-refractivity contribution is 0.0289. The van der Waals surface area contributed by atoms with E-state index < -0.39 is 0 Å². The maximum absolute atomic E-state index is 12.1. The first-order chi connectivity index (χ1) is 15.4. The van der Waals surface area contributed by atoms with Crippen molar-refractivity contribution in [1.29, 1.82) is 0 Å². The molecule has 2 heterocycles. The molecule has 1 fully saturated rings. The minimum absolute atomic E-state index is 0.0266. The predicted molar refractivity (Wildman–Crippen MR) is 125 cm³/mol. The number of fused-ring (bicyclic) bond motifs is 1. The van der Waals surface area contributed by atoms with Crippen LogP contribution in [-0.2, 0) is 11.2 Å². The number of carbonyl (C=O) groups excluding carboxylic acids is 2. The molecular formula is C25H32N4O3. The monoisotopic (exact) mass is 436 g/mol. The van der Waals surface area contributed by atoms with Crippen molar-refractivity contribution in [2.24, 2.45) is 5.73 Å². The standard InChI is InChI=1S/C25H32N4O3/c1-27(2)25(31)18-3-6-21(7-4-18)29-14-12-28(13-15-29)11-9-23-22-8-5-20(24(26)30)17-19(22)10-16-32-23/h3-8,17,23H,9-16H2,1-2H3,(H2,26,30). The molecule has 32 heavy (non-hydrogen) atoms. The molecule has 1 unspecified atom stereocenters. The molecule has 2 aliphatic heterocycles. The van der Waals surface area contributed by atoms with E-state index >= 15 is 0 Å². The third-order valence-electron chi connectivity index (χ3n) is 6.43. The van der Waals surface area contributed by atoms with Gasteiger partial charge in [-0.05, 0) is 60.4 Å². The molecular weight excluding hydrogens is 404 g/mol. The minimum atomic E-state index is -0.382. The molecule has 0 radical (unpaired) electrons. The van der Waals surface area contributed by atoms with Crippen molar-refractivity contribution in [3.05, 3.63) is 64.7 Å². The van der Waals surface area contributed by atoms with E-state index in [1.807, 2.05) is 36.4 Å². The van der Waals surface area contributed by atoms with Gasteiger partial charge in [0.05, 0.1) is 12.7 Å². The van der Waals surface area contributed by atoms with E-state index in [1.54, 1.807) is 25.1 Å². The molecule has 1 saturated heterocycles. The molecule has 2 aliphatic rings. The van der Waals surface area contributed by atoms with Crippen molar-refractivity contribution in [2.75, 3.05) is 58.3 Å². The third-order valence-corrected chi connectivity index (χ3v) is 6.43. The molecule has 0 bridgehead atoms. The first kappa shape index (κ1) is 22.3. The highest BCUT2D eigenvalue weighted by Gasteiger charge is 2.24. The second-order valence-electron chi connectivity index (χ2n) is 8.75. The Hall–Kier alpha value is -2.90. The van der Waals surface area contributed by atoms with Crippen molar-refractivity contribution in [2.45, 2.75) is 18.9 Å². The molecule has 0 aliphatic carbocycles. The quantitative estimate of drug-likeness (QED) is 0.752. The Morgan fingerprint density at radius 2 is 1.72 bits per heavy atom. The van der Waals surface area contributed by atoms with Crippen LogP contribution in [0.15, 0.2) is 42.5 Å². The molecule has 170 valence electrons. The second-order valence-corrected chi connectivity index (χ2v) is 8.75. The zero-order chi connectivity index (χ0) is 22.7. The fourth-order valence-electron chi connectivity index (χ4n) is 4.53. The number of primary amides is 1. The van der Waals surface area contributed by atoms with Gasteiger partial charge in [-0.3, -0.25) is 14.5 Å². The maximum atomic E-state index is 12.1. The van der Waals surface area contributed by atoms with Gasteiger partial charge in [0.25, 0.3) is 5.91 Å². The summed E-state index contributed by atoms with van der Waals surface area (Å²) in [7, 11) is 3.54. The summed E-state index contributed by atoms with van der Waals surface area (Å²) in [6, 6.07) is 13.6. The Morgan fingerprint density at radius 3 is 2.38 bits per heavy atom. The van der Waals surface area contributed by atoms with Crippen LogP contribution in [0.4, 0.5) is 5.69 Å². The number of amides is 2. The van der Waals surface area contributed by atoms with Gasteiger partial charge in [-0.25, -0.2) is 0 Å². The van der Waals surface area contributed by atoms with Crippen LogP contribution in [-0.4, -0.2) is 75.0 Å². The maximum Gasteiger partial charge on any atom is 0.253 e. The molecule has 7 heteroatoms. The highest BCUT2D eigenvalue weighted by Crippen LogP contribution is 2.31. The van der Waals surface area contributed by atoms with Crippen LogP contribution < -0.4 is 10.6 Å². The number of hydrogen-bond donors (Lipinski definition) is 1. The van der Waals surface area contributed by atoms with Gasteiger partial charge >= 0.3 is 0 Å². The molecule has 2 amide bonds. The Labute approximate surface area is 189 Å². The molecule has 0 aromatic heterocycles. The van der Waals surface area contributed by atoms with Crippen LogP contribution in [0.1, 0.15) is 44.4 Å². The summed E-state index contributed by atoms with van der Waals surface area (Å²) in [6.45, 7) is 5.58. The average molecular weight is 437 g/mol. The number of anilines is 1. The summed E-state index contributed by atoms with van der Waals surface area (Å²) >= 11 is 0. The van der Waals surface area contributed by atoms with Gasteiger partial charge in [-0.15, -0.1) is 0 Å². The van der Waals surface area contributed by atoms with Gasteiger partial charge in [0.2, 0.25) is 5.91 Å². The molecule has 0 spiro atoms. The van der Waals surface area contributed by atoms with Crippen LogP contribution >= 0.6 is 0 Å². The van der Waals surface area contributed by atoms with E-state index in [4.69, 9.17) is 10.5 Å². The van der Waals surface area contributed by atoms with Crippen LogP contribution in [0.3, 0.4) is 0 Å². The Balaban J connectivity index is 1.29. The number of carbonyl (C=O) groups is 2. The predicted octanol–water partition coefficient (Wildman–Crippen LogP) is 2.31. The summed E-state index contributed by atoms with van der Waals surface area (Å²) in [5.74, 6) is -0.355. The minimum Gasteiger partial charge on any atom is -0.373 e. The zero-order valence-corrected chi connectivity index (χ0v) is 18.9. The lowest BCUT2D eigenvalue weighted by atomic mass is 9.93. The van der Waals surface area contributed by atoms with Gasteiger partial charge in [0.1, 0.15) is 0 Å². The smallest absolute Gasteiger partial charge is 0.253 e. The number of hydrogen-bond acceptors (Lipinski definition) is 5. The first-order valence-electron chi connectivity index (χ1n) is 11.3. The summed E-state index contributed by atoms with van der Waals surface area (Å²) < 4.78 is 6.05. The molecule has 7 nitrogen and oxygen atoms in total. The molecule has 2 aromatic rings. The molecule has 1 atom stereocenters. The fraction of sp³-hybridized carbons (Fsp3) is 0.440. The topological polar surface area (TPSA) is 79.1 Å². The van der Waals surface area contributed by atoms with Crippen LogP contribution in [0, 0.1) is 0 Å². The van der Waals surface area contributed by atoms with Crippen LogP contribution in [0.2, 0.25) is 0 Å². The summed E-state index contributed by atoms with van der Waals surface area (Å²) in [5, 5.41) is 0. The van der Waals surface area contributed by atoms with Gasteiger partial charge in [-0.2, -0.15) is 0 Å². The third kappa shape index (κ3) is 4.95. The van der Waals surface area contributed by atoms with E-state index in [0.29, 0.717) is 17.7 Å². The van der Waals surface area contributed by atoms with Crippen molar-refractivity contribution in [3.8, 4) is 0 Å². The van der Waals surface area contributed by atoms with Crippen LogP contribution in [0.5, 0.6) is 0 Å². The lowest BCUT2D eigenvalue weighted by Crippen LogP contribution is -2.47. The summed E-state index contributed by atoms with van der Waals surface area (Å²) in [5.41, 5.74) is 10.2. The Bertz CT molecular complexity index is 966. The largest absolute Gasteiger partial charge is 0.373 e. The van der Waals surface area contributed by atoms with Crippen molar-refractivity contribution in [3.63, 3.8) is 0 Å². The van der Waals surface area contributed by atoms with Crippen molar-refractivity contribution < 1.29 is 14.3 Å². The molecule has 2 N–H and O–H groups in total. The average Bonchev–Trinajstić information content (AvgIpc) is 2.82. The number of nitrogens with two attached hydrogens (primary N) is 1. The Morgan fingerprint density at radius 1 is 1.03 bits per heavy atom. The van der Waals surface area contributed by atoms with Gasteiger partial charge in [-0.1, -0.05) is 6.07 Å². The van der Waals surface area contributed by atoms with E-state index in [9.17, 15) is 9.59 Å². The molecule has 4 rings (SSSR count). The normalized spacial score (nSPS) is 18.8. The van der Waals surface area contributed by atoms with E-state index in [-0.39, 0.29) is 17.9 Å². The number of rotatable bonds is 6. The van der Waals surface area contributed by atoms with Gasteiger partial charge in [0.15, 0.2) is 0 Å². The summed E-state index contributed by atoms with van der Waals surface area (Å²) in [6.07, 6.45) is 1.83. The highest BCUT2D eigenvalue weighted by atomic mass is 16.5. The number of nitrogens with zero attached hydrogens (tertiary/aromatic N) is 3. The van der Waals surface area contributed by atoms with E-state index in [1.165, 1.54) is 11.1 Å². The SMILES string of the molecule is CN(C)C(=O)c1ccc(N2CCN(CCC3OCCc4cc(C(N)=O)ccc43)CC2)cc1. The molecule has 0 saturated carbocycles. The van der Waals surface area contributed by atoms with E-state index in [0.717, 1.165) is 51.3 Å². The first-order valence-corrected chi connectivity index (χ1v) is 11.3. The van der Waals surface area contributed by atoms with E-state index in [2.05, 4.69) is 9.80 Å². The summed E-state index contributed by atoms with van der Waals surface area (Å²) in [4.78, 5) is 30.0. The van der Waals surface area contributed by atoms with Crippen molar-refractivity contribution in [1.82, 2.24) is 9.80 Å². The van der Waals surface area contributed by atoms with Crippen molar-refractivity contribution >= 4 is 17.5 Å². The molecule has 2 aromatic carbocycles.